The summed E-state index contributed by atoms with van der Waals surface area (Å²) in [5.74, 6) is 0.954. The van der Waals surface area contributed by atoms with Crippen molar-refractivity contribution < 1.29 is 4.79 Å². The van der Waals surface area contributed by atoms with E-state index in [0.717, 1.165) is 38.2 Å². The van der Waals surface area contributed by atoms with Gasteiger partial charge in [-0.15, -0.1) is 24.0 Å². The first-order chi connectivity index (χ1) is 10.9. The highest BCUT2D eigenvalue weighted by Gasteiger charge is 2.29. The Morgan fingerprint density at radius 3 is 2.25 bits per heavy atom. The second-order valence-electron chi connectivity index (χ2n) is 6.36. The van der Waals surface area contributed by atoms with Gasteiger partial charge >= 0.3 is 0 Å². The predicted octanol–water partition coefficient (Wildman–Crippen LogP) is 1.85. The highest BCUT2D eigenvalue weighted by Crippen LogP contribution is 2.26. The van der Waals surface area contributed by atoms with E-state index >= 15 is 0 Å². The summed E-state index contributed by atoms with van der Waals surface area (Å²) >= 11 is 0. The number of halogens is 1. The van der Waals surface area contributed by atoms with Crippen molar-refractivity contribution in [3.63, 3.8) is 0 Å². The SMILES string of the molecule is CCNC(=NCC(C)N(C)C1CC1)N(C)CC(=O)N(CC)CC.I. The summed E-state index contributed by atoms with van der Waals surface area (Å²) in [5.41, 5.74) is 0. The number of amides is 1. The second kappa shape index (κ2) is 11.9. The molecule has 1 atom stereocenters. The van der Waals surface area contributed by atoms with Crippen molar-refractivity contribution in [2.24, 2.45) is 4.99 Å². The minimum Gasteiger partial charge on any atom is -0.357 e. The molecule has 0 spiro atoms. The molecule has 0 aromatic heterocycles. The molecule has 0 heterocycles. The van der Waals surface area contributed by atoms with E-state index in [1.165, 1.54) is 12.8 Å². The standard InChI is InChI=1S/C17H35N5O.HI/c1-7-18-17(19-12-14(4)21(6)15-10-11-15)20(5)13-16(23)22(8-2)9-3;/h14-15H,7-13H2,1-6H3,(H,18,19);1H. The van der Waals surface area contributed by atoms with Gasteiger partial charge in [-0.3, -0.25) is 14.7 Å². The largest absolute Gasteiger partial charge is 0.357 e. The maximum atomic E-state index is 12.3. The van der Waals surface area contributed by atoms with E-state index in [0.29, 0.717) is 12.6 Å². The third kappa shape index (κ3) is 7.55. The fourth-order valence-electron chi connectivity index (χ4n) is 2.61. The summed E-state index contributed by atoms with van der Waals surface area (Å²) in [6, 6.07) is 1.16. The monoisotopic (exact) mass is 453 g/mol. The first-order valence-corrected chi connectivity index (χ1v) is 8.93. The van der Waals surface area contributed by atoms with Gasteiger partial charge in [-0.1, -0.05) is 0 Å². The molecule has 0 radical (unpaired) electrons. The maximum Gasteiger partial charge on any atom is 0.242 e. The van der Waals surface area contributed by atoms with Gasteiger partial charge in [0.2, 0.25) is 5.91 Å². The third-order valence-electron chi connectivity index (χ3n) is 4.51. The van der Waals surface area contributed by atoms with Crippen molar-refractivity contribution in [2.75, 3.05) is 46.8 Å². The highest BCUT2D eigenvalue weighted by atomic mass is 127. The lowest BCUT2D eigenvalue weighted by molar-refractivity contribution is -0.131. The summed E-state index contributed by atoms with van der Waals surface area (Å²) in [6.45, 7) is 11.7. The molecule has 1 aliphatic rings. The topological polar surface area (TPSA) is 51.2 Å². The van der Waals surface area contributed by atoms with Crippen LogP contribution >= 0.6 is 24.0 Å². The molecule has 0 aliphatic heterocycles. The molecule has 1 N–H and O–H groups in total. The number of aliphatic imine (C=N–C) groups is 1. The van der Waals surface area contributed by atoms with Gasteiger partial charge in [-0.2, -0.15) is 0 Å². The zero-order valence-electron chi connectivity index (χ0n) is 16.2. The Balaban J connectivity index is 0.00000529. The second-order valence-corrected chi connectivity index (χ2v) is 6.36. The summed E-state index contributed by atoms with van der Waals surface area (Å²) < 4.78 is 0. The molecule has 0 aromatic rings. The van der Waals surface area contributed by atoms with Crippen molar-refractivity contribution in [2.45, 2.75) is 52.6 Å². The minimum atomic E-state index is 0. The van der Waals surface area contributed by atoms with E-state index in [1.54, 1.807) is 0 Å². The molecule has 1 saturated carbocycles. The quantitative estimate of drug-likeness (QED) is 0.329. The average Bonchev–Trinajstić information content (AvgIpc) is 3.36. The zero-order chi connectivity index (χ0) is 17.4. The van der Waals surface area contributed by atoms with Crippen LogP contribution in [0.2, 0.25) is 0 Å². The molecule has 0 saturated heterocycles. The van der Waals surface area contributed by atoms with Gasteiger partial charge in [-0.25, -0.2) is 0 Å². The van der Waals surface area contributed by atoms with Crippen LogP contribution in [0.25, 0.3) is 0 Å². The third-order valence-corrected chi connectivity index (χ3v) is 4.51. The van der Waals surface area contributed by atoms with Gasteiger partial charge in [0.25, 0.3) is 0 Å². The molecular weight excluding hydrogens is 417 g/mol. The normalized spacial score (nSPS) is 15.7. The number of hydrogen-bond donors (Lipinski definition) is 1. The molecule has 1 rings (SSSR count). The molecular formula is C17H36IN5O. The van der Waals surface area contributed by atoms with Crippen molar-refractivity contribution in [3.8, 4) is 0 Å². The summed E-state index contributed by atoms with van der Waals surface area (Å²) in [5, 5.41) is 3.29. The van der Waals surface area contributed by atoms with Crippen LogP contribution < -0.4 is 5.32 Å². The van der Waals surface area contributed by atoms with Crippen LogP contribution in [0.5, 0.6) is 0 Å². The number of nitrogens with zero attached hydrogens (tertiary/aromatic N) is 4. The van der Waals surface area contributed by atoms with Crippen LogP contribution in [0.15, 0.2) is 4.99 Å². The Kier molecular flexibility index (Phi) is 11.6. The van der Waals surface area contributed by atoms with Gasteiger partial charge in [-0.05, 0) is 47.6 Å². The van der Waals surface area contributed by atoms with Crippen molar-refractivity contribution in [1.29, 1.82) is 0 Å². The first kappa shape index (κ1) is 23.4. The molecule has 6 nitrogen and oxygen atoms in total. The number of likely N-dealkylation sites (N-methyl/N-ethyl adjacent to an activating group) is 3. The van der Waals surface area contributed by atoms with Crippen molar-refractivity contribution in [1.82, 2.24) is 20.0 Å². The van der Waals surface area contributed by atoms with Gasteiger partial charge in [0.05, 0.1) is 13.1 Å². The molecule has 1 fully saturated rings. The Bertz CT molecular complexity index is 396. The number of carbonyl (C=O) groups excluding carboxylic acids is 1. The molecule has 0 aromatic carbocycles. The predicted molar refractivity (Wildman–Crippen MR) is 112 cm³/mol. The van der Waals surface area contributed by atoms with E-state index in [1.807, 2.05) is 30.7 Å². The molecule has 1 amide bonds. The van der Waals surface area contributed by atoms with Crippen LogP contribution in [-0.2, 0) is 4.79 Å². The lowest BCUT2D eigenvalue weighted by Crippen LogP contribution is -2.46. The minimum absolute atomic E-state index is 0. The molecule has 1 aliphatic carbocycles. The number of carbonyl (C=O) groups is 1. The molecule has 0 bridgehead atoms. The highest BCUT2D eigenvalue weighted by molar-refractivity contribution is 14.0. The van der Waals surface area contributed by atoms with Crippen LogP contribution in [0.3, 0.4) is 0 Å². The molecule has 142 valence electrons. The summed E-state index contributed by atoms with van der Waals surface area (Å²) in [7, 11) is 4.11. The zero-order valence-corrected chi connectivity index (χ0v) is 18.5. The Hall–Kier alpha value is -0.570. The fraction of sp³-hybridized carbons (Fsp3) is 0.882. The van der Waals surface area contributed by atoms with Gasteiger partial charge in [0, 0.05) is 38.8 Å². The summed E-state index contributed by atoms with van der Waals surface area (Å²) in [4.78, 5) is 23.2. The number of hydrogen-bond acceptors (Lipinski definition) is 3. The Morgan fingerprint density at radius 2 is 1.79 bits per heavy atom. The summed E-state index contributed by atoms with van der Waals surface area (Å²) in [6.07, 6.45) is 2.62. The lowest BCUT2D eigenvalue weighted by Gasteiger charge is -2.27. The fourth-order valence-corrected chi connectivity index (χ4v) is 2.61. The first-order valence-electron chi connectivity index (χ1n) is 8.93. The average molecular weight is 453 g/mol. The van der Waals surface area contributed by atoms with Crippen molar-refractivity contribution in [3.05, 3.63) is 0 Å². The van der Waals surface area contributed by atoms with Gasteiger partial charge in [0.15, 0.2) is 5.96 Å². The van der Waals surface area contributed by atoms with E-state index < -0.39 is 0 Å². The number of rotatable bonds is 9. The smallest absolute Gasteiger partial charge is 0.242 e. The van der Waals surface area contributed by atoms with Crippen LogP contribution in [0, 0.1) is 0 Å². The van der Waals surface area contributed by atoms with Crippen LogP contribution in [-0.4, -0.2) is 85.5 Å². The van der Waals surface area contributed by atoms with E-state index in [9.17, 15) is 4.79 Å². The van der Waals surface area contributed by atoms with Crippen LogP contribution in [0.1, 0.15) is 40.5 Å². The van der Waals surface area contributed by atoms with Gasteiger partial charge < -0.3 is 15.1 Å². The Labute approximate surface area is 165 Å². The molecule has 1 unspecified atom stereocenters. The maximum absolute atomic E-state index is 12.3. The lowest BCUT2D eigenvalue weighted by atomic mass is 10.3. The van der Waals surface area contributed by atoms with Crippen LogP contribution in [0.4, 0.5) is 0 Å². The van der Waals surface area contributed by atoms with E-state index in [-0.39, 0.29) is 29.9 Å². The number of nitrogens with one attached hydrogen (secondary N) is 1. The number of guanidine groups is 1. The molecule has 7 heteroatoms. The van der Waals surface area contributed by atoms with E-state index in [4.69, 9.17) is 4.99 Å². The van der Waals surface area contributed by atoms with E-state index in [2.05, 4.69) is 31.1 Å². The Morgan fingerprint density at radius 1 is 1.21 bits per heavy atom. The molecule has 24 heavy (non-hydrogen) atoms. The van der Waals surface area contributed by atoms with Crippen molar-refractivity contribution >= 4 is 35.8 Å². The van der Waals surface area contributed by atoms with Gasteiger partial charge in [0.1, 0.15) is 0 Å².